The molecule has 0 bridgehead atoms. The Balaban J connectivity index is 0.000000701. The molecule has 3 N–H and O–H groups in total. The molecule has 1 aliphatic heterocycles. The minimum absolute atomic E-state index is 0.200. The minimum atomic E-state index is -0.349. The van der Waals surface area contributed by atoms with Gasteiger partial charge in [-0.05, 0) is 19.3 Å². The zero-order valence-electron chi connectivity index (χ0n) is 13.8. The molecule has 3 heterocycles. The van der Waals surface area contributed by atoms with Crippen molar-refractivity contribution >= 4 is 23.9 Å². The molecule has 1 aliphatic rings. The molecule has 1 fully saturated rings. The van der Waals surface area contributed by atoms with Crippen LogP contribution in [-0.2, 0) is 9.59 Å². The van der Waals surface area contributed by atoms with E-state index in [0.29, 0.717) is 5.82 Å². The van der Waals surface area contributed by atoms with Gasteiger partial charge in [0.1, 0.15) is 17.8 Å². The second kappa shape index (κ2) is 8.62. The predicted molar refractivity (Wildman–Crippen MR) is 91.0 cm³/mol. The molecule has 10 heteroatoms. The highest BCUT2D eigenvalue weighted by Crippen LogP contribution is 2.18. The number of piperidine rings is 1. The maximum absolute atomic E-state index is 12.2. The van der Waals surface area contributed by atoms with E-state index in [1.807, 2.05) is 0 Å². The van der Waals surface area contributed by atoms with E-state index in [9.17, 15) is 9.59 Å². The fourth-order valence-corrected chi connectivity index (χ4v) is 2.57. The number of aromatic amines is 1. The van der Waals surface area contributed by atoms with Crippen LogP contribution < -0.4 is 15.8 Å². The molecule has 3 rings (SSSR count). The third-order valence-electron chi connectivity index (χ3n) is 3.63. The second-order valence-electron chi connectivity index (χ2n) is 5.40. The van der Waals surface area contributed by atoms with E-state index in [2.05, 4.69) is 25.3 Å². The van der Waals surface area contributed by atoms with Crippen molar-refractivity contribution in [1.82, 2.24) is 19.7 Å². The van der Waals surface area contributed by atoms with Crippen molar-refractivity contribution in [2.24, 2.45) is 0 Å². The van der Waals surface area contributed by atoms with Gasteiger partial charge in [-0.15, -0.1) is 0 Å². The zero-order valence-corrected chi connectivity index (χ0v) is 13.8. The van der Waals surface area contributed by atoms with Gasteiger partial charge in [-0.2, -0.15) is 4.68 Å². The van der Waals surface area contributed by atoms with Crippen LogP contribution in [0.25, 0.3) is 5.82 Å². The molecule has 0 aliphatic carbocycles. The van der Waals surface area contributed by atoms with E-state index >= 15 is 0 Å². The number of carbonyl (C=O) groups is 2. The first-order chi connectivity index (χ1) is 12.1. The Hall–Kier alpha value is -3.17. The summed E-state index contributed by atoms with van der Waals surface area (Å²) in [6.07, 6.45) is 6.44. The van der Waals surface area contributed by atoms with Crippen LogP contribution in [0.4, 0.5) is 11.5 Å². The van der Waals surface area contributed by atoms with E-state index in [0.717, 1.165) is 31.7 Å². The van der Waals surface area contributed by atoms with Gasteiger partial charge in [0.05, 0.1) is 0 Å². The Morgan fingerprint density at radius 3 is 2.56 bits per heavy atom. The Bertz CT molecular complexity index is 778. The first-order valence-electron chi connectivity index (χ1n) is 7.80. The molecule has 25 heavy (non-hydrogen) atoms. The summed E-state index contributed by atoms with van der Waals surface area (Å²) in [4.78, 5) is 42.3. The third kappa shape index (κ3) is 4.66. The van der Waals surface area contributed by atoms with E-state index in [1.165, 1.54) is 30.6 Å². The maximum Gasteiger partial charge on any atom is 0.296 e. The number of anilines is 2. The Morgan fingerprint density at radius 1 is 1.28 bits per heavy atom. The van der Waals surface area contributed by atoms with Gasteiger partial charge >= 0.3 is 0 Å². The predicted octanol–water partition coefficient (Wildman–Crippen LogP) is 0.605. The first kappa shape index (κ1) is 18.2. The lowest BCUT2D eigenvalue weighted by Crippen LogP contribution is -2.30. The molecule has 0 atom stereocenters. The van der Waals surface area contributed by atoms with Crippen LogP contribution in [0.3, 0.4) is 0 Å². The zero-order chi connectivity index (χ0) is 18.2. The van der Waals surface area contributed by atoms with Gasteiger partial charge in [0.25, 0.3) is 12.0 Å². The third-order valence-corrected chi connectivity index (χ3v) is 3.63. The van der Waals surface area contributed by atoms with Crippen molar-refractivity contribution in [2.75, 3.05) is 23.3 Å². The lowest BCUT2D eigenvalue weighted by Gasteiger charge is -2.27. The first-order valence-corrected chi connectivity index (χ1v) is 7.80. The molecule has 1 amide bonds. The molecule has 0 unspecified atom stereocenters. The number of H-pyrrole nitrogens is 1. The summed E-state index contributed by atoms with van der Waals surface area (Å²) < 4.78 is 1.29. The molecule has 2 aromatic heterocycles. The SMILES string of the molecule is CC(=O)Nc1c[nH]n(-c2cc(N3CCCCC3)ncn2)c1=O.O=CO. The van der Waals surface area contributed by atoms with E-state index < -0.39 is 0 Å². The van der Waals surface area contributed by atoms with Crippen LogP contribution in [0, 0.1) is 0 Å². The Labute approximate surface area is 143 Å². The van der Waals surface area contributed by atoms with Crippen molar-refractivity contribution in [1.29, 1.82) is 0 Å². The number of nitrogens with zero attached hydrogens (tertiary/aromatic N) is 4. The largest absolute Gasteiger partial charge is 0.483 e. The van der Waals surface area contributed by atoms with Gasteiger partial charge in [-0.3, -0.25) is 19.5 Å². The van der Waals surface area contributed by atoms with Crippen LogP contribution in [0.1, 0.15) is 26.2 Å². The summed E-state index contributed by atoms with van der Waals surface area (Å²) in [6.45, 7) is 3.04. The number of carbonyl (C=O) groups excluding carboxylic acids is 1. The summed E-state index contributed by atoms with van der Waals surface area (Å²) in [5.41, 5.74) is -0.149. The monoisotopic (exact) mass is 348 g/mol. The van der Waals surface area contributed by atoms with Gasteiger partial charge in [0.2, 0.25) is 5.91 Å². The number of hydrogen-bond acceptors (Lipinski definition) is 6. The van der Waals surface area contributed by atoms with Gasteiger partial charge in [0, 0.05) is 32.3 Å². The number of amides is 1. The van der Waals surface area contributed by atoms with Gasteiger partial charge in [-0.1, -0.05) is 0 Å². The van der Waals surface area contributed by atoms with E-state index in [1.54, 1.807) is 6.07 Å². The Kier molecular flexibility index (Phi) is 6.26. The number of carboxylic acid groups (broad SMARTS) is 1. The minimum Gasteiger partial charge on any atom is -0.483 e. The molecule has 1 saturated heterocycles. The average molecular weight is 348 g/mol. The molecular formula is C15H20N6O4. The van der Waals surface area contributed by atoms with Crippen molar-refractivity contribution in [3.63, 3.8) is 0 Å². The van der Waals surface area contributed by atoms with Crippen LogP contribution in [-0.4, -0.2) is 50.3 Å². The number of nitrogens with one attached hydrogen (secondary N) is 2. The molecule has 0 radical (unpaired) electrons. The van der Waals surface area contributed by atoms with Crippen LogP contribution in [0.15, 0.2) is 23.4 Å². The van der Waals surface area contributed by atoms with Gasteiger partial charge < -0.3 is 15.3 Å². The number of hydrogen-bond donors (Lipinski definition) is 3. The highest BCUT2D eigenvalue weighted by Gasteiger charge is 2.15. The van der Waals surface area contributed by atoms with Gasteiger partial charge in [-0.25, -0.2) is 9.97 Å². The molecule has 0 spiro atoms. The summed E-state index contributed by atoms with van der Waals surface area (Å²) in [5, 5.41) is 12.2. The second-order valence-corrected chi connectivity index (χ2v) is 5.40. The highest BCUT2D eigenvalue weighted by molar-refractivity contribution is 5.88. The van der Waals surface area contributed by atoms with Gasteiger partial charge in [0.15, 0.2) is 5.82 Å². The summed E-state index contributed by atoms with van der Waals surface area (Å²) in [6, 6.07) is 1.78. The van der Waals surface area contributed by atoms with Crippen LogP contribution in [0.5, 0.6) is 0 Å². The van der Waals surface area contributed by atoms with Crippen LogP contribution >= 0.6 is 0 Å². The van der Waals surface area contributed by atoms with Crippen LogP contribution in [0.2, 0.25) is 0 Å². The smallest absolute Gasteiger partial charge is 0.296 e. The lowest BCUT2D eigenvalue weighted by atomic mass is 10.1. The summed E-state index contributed by atoms with van der Waals surface area (Å²) >= 11 is 0. The fraction of sp³-hybridized carbons (Fsp3) is 0.400. The topological polar surface area (TPSA) is 133 Å². The summed E-state index contributed by atoms with van der Waals surface area (Å²) in [5.74, 6) is 0.976. The summed E-state index contributed by atoms with van der Waals surface area (Å²) in [7, 11) is 0. The van der Waals surface area contributed by atoms with E-state index in [4.69, 9.17) is 9.90 Å². The van der Waals surface area contributed by atoms with Crippen molar-refractivity contribution in [3.8, 4) is 5.82 Å². The molecular weight excluding hydrogens is 328 g/mol. The Morgan fingerprint density at radius 2 is 1.92 bits per heavy atom. The lowest BCUT2D eigenvalue weighted by molar-refractivity contribution is -0.123. The normalized spacial score (nSPS) is 13.6. The standard InChI is InChI=1S/C14H18N6O2.CH2O2/c1-10(21)18-11-8-17-20(14(11)22)13-7-12(15-9-16-13)19-5-3-2-4-6-19;2-1-3/h7-9,17H,2-6H2,1H3,(H,18,21);1H,(H,2,3). The number of rotatable bonds is 3. The van der Waals surface area contributed by atoms with E-state index in [-0.39, 0.29) is 23.6 Å². The molecule has 2 aromatic rings. The molecule has 134 valence electrons. The van der Waals surface area contributed by atoms with Crippen molar-refractivity contribution < 1.29 is 14.7 Å². The van der Waals surface area contributed by atoms with Crippen molar-refractivity contribution in [3.05, 3.63) is 28.9 Å². The molecule has 0 saturated carbocycles. The maximum atomic E-state index is 12.2. The molecule has 10 nitrogen and oxygen atoms in total. The fourth-order valence-electron chi connectivity index (χ4n) is 2.57. The molecule has 0 aromatic carbocycles. The quantitative estimate of drug-likeness (QED) is 0.692. The highest BCUT2D eigenvalue weighted by atomic mass is 16.3. The number of aromatic nitrogens is 4. The average Bonchev–Trinajstić information content (AvgIpc) is 2.97. The van der Waals surface area contributed by atoms with Crippen molar-refractivity contribution in [2.45, 2.75) is 26.2 Å².